The van der Waals surface area contributed by atoms with Gasteiger partial charge >= 0.3 is 0 Å². The van der Waals surface area contributed by atoms with Crippen molar-refractivity contribution in [1.29, 1.82) is 0 Å². The molecule has 110 valence electrons. The third-order valence-corrected chi connectivity index (χ3v) is 3.21. The Bertz CT molecular complexity index is 594. The highest BCUT2D eigenvalue weighted by molar-refractivity contribution is 5.93. The topological polar surface area (TPSA) is 80.5 Å². The van der Waals surface area contributed by atoms with Crippen LogP contribution in [0, 0.1) is 0 Å². The summed E-state index contributed by atoms with van der Waals surface area (Å²) >= 11 is 0. The van der Waals surface area contributed by atoms with Crippen LogP contribution in [0.2, 0.25) is 0 Å². The maximum atomic E-state index is 11.8. The van der Waals surface area contributed by atoms with Crippen molar-refractivity contribution < 1.29 is 13.9 Å². The fourth-order valence-corrected chi connectivity index (χ4v) is 2.07. The first-order valence-electron chi connectivity index (χ1n) is 6.78. The molecule has 0 aromatic carbocycles. The number of nitrogens with zero attached hydrogens (tertiary/aromatic N) is 3. The van der Waals surface area contributed by atoms with E-state index in [0.29, 0.717) is 31.3 Å². The van der Waals surface area contributed by atoms with Gasteiger partial charge in [-0.3, -0.25) is 4.79 Å². The normalized spacial score (nSPS) is 15.0. The molecule has 2 aromatic rings. The second-order valence-corrected chi connectivity index (χ2v) is 4.64. The van der Waals surface area contributed by atoms with Gasteiger partial charge in [-0.1, -0.05) is 0 Å². The van der Waals surface area contributed by atoms with E-state index in [1.54, 1.807) is 18.3 Å². The summed E-state index contributed by atoms with van der Waals surface area (Å²) in [5.74, 6) is 0.489. The molecule has 0 bridgehead atoms. The lowest BCUT2D eigenvalue weighted by atomic mass is 10.3. The minimum absolute atomic E-state index is 0.185. The maximum Gasteiger partial charge on any atom is 0.254 e. The lowest BCUT2D eigenvalue weighted by molar-refractivity contribution is 0.0950. The molecule has 3 rings (SSSR count). The van der Waals surface area contributed by atoms with Gasteiger partial charge in [0.2, 0.25) is 5.95 Å². The van der Waals surface area contributed by atoms with Crippen LogP contribution < -0.4 is 10.2 Å². The van der Waals surface area contributed by atoms with Crippen molar-refractivity contribution in [3.63, 3.8) is 0 Å². The summed E-state index contributed by atoms with van der Waals surface area (Å²) in [7, 11) is 0. The lowest BCUT2D eigenvalue weighted by Gasteiger charge is -2.26. The molecule has 1 fully saturated rings. The molecule has 0 saturated carbocycles. The Hall–Kier alpha value is -2.41. The van der Waals surface area contributed by atoms with E-state index in [0.717, 1.165) is 18.8 Å². The van der Waals surface area contributed by atoms with Gasteiger partial charge in [0.15, 0.2) is 0 Å². The van der Waals surface area contributed by atoms with Gasteiger partial charge in [0, 0.05) is 19.3 Å². The monoisotopic (exact) mass is 288 g/mol. The predicted molar refractivity (Wildman–Crippen MR) is 74.9 cm³/mol. The number of furan rings is 1. The Morgan fingerprint density at radius 1 is 1.33 bits per heavy atom. The smallest absolute Gasteiger partial charge is 0.254 e. The molecule has 1 aliphatic heterocycles. The van der Waals surface area contributed by atoms with Gasteiger partial charge in [0.1, 0.15) is 6.26 Å². The van der Waals surface area contributed by atoms with Gasteiger partial charge < -0.3 is 19.4 Å². The van der Waals surface area contributed by atoms with Crippen LogP contribution in [-0.2, 0) is 11.3 Å². The standard InChI is InChI=1S/C14H16N4O3/c19-13(11-2-6-21-10-11)16-9-12-1-3-15-14(17-12)18-4-7-20-8-5-18/h1-3,6,10H,4-5,7-9H2,(H,16,19). The molecule has 1 N–H and O–H groups in total. The molecule has 7 heteroatoms. The van der Waals surface area contributed by atoms with Crippen molar-refractivity contribution in [1.82, 2.24) is 15.3 Å². The molecule has 3 heterocycles. The maximum absolute atomic E-state index is 11.8. The third kappa shape index (κ3) is 3.38. The molecule has 21 heavy (non-hydrogen) atoms. The number of amides is 1. The quantitative estimate of drug-likeness (QED) is 0.898. The minimum atomic E-state index is -0.185. The fourth-order valence-electron chi connectivity index (χ4n) is 2.07. The number of anilines is 1. The molecule has 0 atom stereocenters. The van der Waals surface area contributed by atoms with Gasteiger partial charge in [-0.15, -0.1) is 0 Å². The fraction of sp³-hybridized carbons (Fsp3) is 0.357. The van der Waals surface area contributed by atoms with Crippen LogP contribution in [-0.4, -0.2) is 42.2 Å². The molecule has 1 aliphatic rings. The van der Waals surface area contributed by atoms with Gasteiger partial charge in [-0.05, 0) is 12.1 Å². The number of ether oxygens (including phenoxy) is 1. The molecule has 0 aliphatic carbocycles. The van der Waals surface area contributed by atoms with Crippen molar-refractivity contribution in [2.45, 2.75) is 6.54 Å². The Morgan fingerprint density at radius 2 is 2.19 bits per heavy atom. The number of rotatable bonds is 4. The van der Waals surface area contributed by atoms with Gasteiger partial charge in [0.25, 0.3) is 5.91 Å². The lowest BCUT2D eigenvalue weighted by Crippen LogP contribution is -2.37. The predicted octanol–water partition coefficient (Wildman–Crippen LogP) is 0.836. The van der Waals surface area contributed by atoms with Gasteiger partial charge in [-0.2, -0.15) is 0 Å². The first-order chi connectivity index (χ1) is 10.3. The summed E-state index contributed by atoms with van der Waals surface area (Å²) in [6.45, 7) is 3.29. The van der Waals surface area contributed by atoms with E-state index < -0.39 is 0 Å². The van der Waals surface area contributed by atoms with Crippen LogP contribution in [0.4, 0.5) is 5.95 Å². The number of carbonyl (C=O) groups is 1. The Morgan fingerprint density at radius 3 is 2.95 bits per heavy atom. The Balaban J connectivity index is 1.62. The highest BCUT2D eigenvalue weighted by Gasteiger charge is 2.14. The molecule has 0 spiro atoms. The molecule has 1 amide bonds. The van der Waals surface area contributed by atoms with E-state index in [-0.39, 0.29) is 5.91 Å². The average molecular weight is 288 g/mol. The van der Waals surface area contributed by atoms with E-state index in [1.807, 2.05) is 0 Å². The third-order valence-electron chi connectivity index (χ3n) is 3.21. The number of morpholine rings is 1. The average Bonchev–Trinajstić information content (AvgIpc) is 3.08. The van der Waals surface area contributed by atoms with E-state index in [2.05, 4.69) is 20.2 Å². The van der Waals surface area contributed by atoms with E-state index in [9.17, 15) is 4.79 Å². The highest BCUT2D eigenvalue weighted by Crippen LogP contribution is 2.10. The van der Waals surface area contributed by atoms with Crippen molar-refractivity contribution in [2.75, 3.05) is 31.2 Å². The van der Waals surface area contributed by atoms with Crippen LogP contribution in [0.3, 0.4) is 0 Å². The Kier molecular flexibility index (Phi) is 4.11. The zero-order valence-electron chi connectivity index (χ0n) is 11.5. The molecular weight excluding hydrogens is 272 g/mol. The largest absolute Gasteiger partial charge is 0.472 e. The molecule has 2 aromatic heterocycles. The molecule has 1 saturated heterocycles. The summed E-state index contributed by atoms with van der Waals surface area (Å²) in [6, 6.07) is 3.41. The van der Waals surface area contributed by atoms with Gasteiger partial charge in [-0.25, -0.2) is 9.97 Å². The highest BCUT2D eigenvalue weighted by atomic mass is 16.5. The second-order valence-electron chi connectivity index (χ2n) is 4.64. The summed E-state index contributed by atoms with van der Waals surface area (Å²) in [6.07, 6.45) is 4.59. The molecule has 0 unspecified atom stereocenters. The number of hydrogen-bond acceptors (Lipinski definition) is 6. The summed E-state index contributed by atoms with van der Waals surface area (Å²) in [4.78, 5) is 22.6. The van der Waals surface area contributed by atoms with Crippen LogP contribution in [0.25, 0.3) is 0 Å². The number of nitrogens with one attached hydrogen (secondary N) is 1. The van der Waals surface area contributed by atoms with Crippen LogP contribution in [0.15, 0.2) is 35.3 Å². The van der Waals surface area contributed by atoms with E-state index >= 15 is 0 Å². The summed E-state index contributed by atoms with van der Waals surface area (Å²) in [5.41, 5.74) is 1.26. The SMILES string of the molecule is O=C(NCc1ccnc(N2CCOCC2)n1)c1ccoc1. The van der Waals surface area contributed by atoms with Crippen LogP contribution in [0.5, 0.6) is 0 Å². The second kappa shape index (κ2) is 6.36. The van der Waals surface area contributed by atoms with Crippen molar-refractivity contribution >= 4 is 11.9 Å². The first-order valence-corrected chi connectivity index (χ1v) is 6.78. The molecule has 0 radical (unpaired) electrons. The molecular formula is C14H16N4O3. The van der Waals surface area contributed by atoms with Gasteiger partial charge in [0.05, 0.1) is 37.3 Å². The zero-order valence-corrected chi connectivity index (χ0v) is 11.5. The Labute approximate surface area is 121 Å². The number of hydrogen-bond donors (Lipinski definition) is 1. The summed E-state index contributed by atoms with van der Waals surface area (Å²) < 4.78 is 10.2. The first kappa shape index (κ1) is 13.6. The number of aromatic nitrogens is 2. The number of carbonyl (C=O) groups excluding carboxylic acids is 1. The van der Waals surface area contributed by atoms with E-state index in [1.165, 1.54) is 12.5 Å². The molecule has 7 nitrogen and oxygen atoms in total. The summed E-state index contributed by atoms with van der Waals surface area (Å²) in [5, 5.41) is 2.80. The van der Waals surface area contributed by atoms with E-state index in [4.69, 9.17) is 9.15 Å². The minimum Gasteiger partial charge on any atom is -0.472 e. The van der Waals surface area contributed by atoms with Crippen LogP contribution >= 0.6 is 0 Å². The van der Waals surface area contributed by atoms with Crippen molar-refractivity contribution in [2.24, 2.45) is 0 Å². The van der Waals surface area contributed by atoms with Crippen molar-refractivity contribution in [3.05, 3.63) is 42.1 Å². The zero-order chi connectivity index (χ0) is 14.5. The van der Waals surface area contributed by atoms with Crippen LogP contribution in [0.1, 0.15) is 16.1 Å². The van der Waals surface area contributed by atoms with Crippen molar-refractivity contribution in [3.8, 4) is 0 Å².